The van der Waals surface area contributed by atoms with Crippen molar-refractivity contribution in [1.82, 2.24) is 9.62 Å². The molecule has 3 N–H and O–H groups in total. The molecule has 0 aliphatic carbocycles. The summed E-state index contributed by atoms with van der Waals surface area (Å²) < 4.78 is 27.8. The van der Waals surface area contributed by atoms with Crippen molar-refractivity contribution in [3.8, 4) is 0 Å². The second kappa shape index (κ2) is 11.4. The molecule has 1 fully saturated rings. The summed E-state index contributed by atoms with van der Waals surface area (Å²) in [6, 6.07) is 13.2. The predicted octanol–water partition coefficient (Wildman–Crippen LogP) is 3.08. The van der Waals surface area contributed by atoms with Crippen LogP contribution in [0.3, 0.4) is 0 Å². The monoisotopic (exact) mass is 494 g/mol. The second-order valence-corrected chi connectivity index (χ2v) is 9.11. The molecule has 4 rings (SSSR count). The standard InChI is InChI=1S/C20H26N4O2S.3ClH/c21-19-14-18(6-7-20(19)23-11-3-9-22-10-13-23)27(25,26)24-12-8-16-4-1-2-5-17(16)15-24;;;/h1-2,4-7,14,22H,3,8-13,15,21H2;3*1H. The number of hydrogen-bond acceptors (Lipinski definition) is 5. The van der Waals surface area contributed by atoms with Crippen molar-refractivity contribution in [2.75, 3.05) is 43.4 Å². The highest BCUT2D eigenvalue weighted by Gasteiger charge is 2.29. The van der Waals surface area contributed by atoms with Gasteiger partial charge in [0.2, 0.25) is 10.0 Å². The van der Waals surface area contributed by atoms with Crippen LogP contribution in [0.25, 0.3) is 0 Å². The van der Waals surface area contributed by atoms with Gasteiger partial charge in [0.15, 0.2) is 0 Å². The third kappa shape index (κ3) is 5.52. The van der Waals surface area contributed by atoms with Crippen molar-refractivity contribution < 1.29 is 8.42 Å². The number of nitrogen functional groups attached to an aromatic ring is 1. The lowest BCUT2D eigenvalue weighted by molar-refractivity contribution is 0.391. The van der Waals surface area contributed by atoms with Gasteiger partial charge in [-0.3, -0.25) is 0 Å². The highest BCUT2D eigenvalue weighted by molar-refractivity contribution is 7.89. The fourth-order valence-corrected chi connectivity index (χ4v) is 5.35. The summed E-state index contributed by atoms with van der Waals surface area (Å²) in [4.78, 5) is 2.50. The molecular weight excluding hydrogens is 467 g/mol. The second-order valence-electron chi connectivity index (χ2n) is 7.17. The van der Waals surface area contributed by atoms with E-state index in [0.29, 0.717) is 18.8 Å². The number of benzene rings is 2. The van der Waals surface area contributed by atoms with Crippen molar-refractivity contribution in [2.45, 2.75) is 24.3 Å². The molecule has 2 aliphatic heterocycles. The number of nitrogens with two attached hydrogens (primary N) is 1. The molecule has 30 heavy (non-hydrogen) atoms. The van der Waals surface area contributed by atoms with Gasteiger partial charge < -0.3 is 16.0 Å². The molecule has 0 aromatic heterocycles. The maximum absolute atomic E-state index is 13.1. The number of sulfonamides is 1. The Morgan fingerprint density at radius 2 is 1.63 bits per heavy atom. The zero-order chi connectivity index (χ0) is 18.9. The molecule has 2 aliphatic rings. The Kier molecular flexibility index (Phi) is 10.2. The van der Waals surface area contributed by atoms with Gasteiger partial charge in [-0.25, -0.2) is 8.42 Å². The molecule has 2 aromatic carbocycles. The summed E-state index contributed by atoms with van der Waals surface area (Å²) in [7, 11) is -3.56. The Hall–Kier alpha value is -1.22. The number of nitrogens with one attached hydrogen (secondary N) is 1. The summed E-state index contributed by atoms with van der Waals surface area (Å²) >= 11 is 0. The van der Waals surface area contributed by atoms with E-state index in [9.17, 15) is 8.42 Å². The Morgan fingerprint density at radius 3 is 2.37 bits per heavy atom. The van der Waals surface area contributed by atoms with Gasteiger partial charge >= 0.3 is 0 Å². The van der Waals surface area contributed by atoms with Crippen LogP contribution in [-0.4, -0.2) is 45.4 Å². The largest absolute Gasteiger partial charge is 0.397 e. The Labute approximate surface area is 197 Å². The molecule has 6 nitrogen and oxygen atoms in total. The summed E-state index contributed by atoms with van der Waals surface area (Å²) in [6.07, 6.45) is 1.79. The van der Waals surface area contributed by atoms with Gasteiger partial charge in [-0.05, 0) is 48.7 Å². The zero-order valence-corrected chi connectivity index (χ0v) is 19.9. The molecule has 0 atom stereocenters. The number of fused-ring (bicyclic) bond motifs is 1. The SMILES string of the molecule is Cl.Cl.Cl.Nc1cc(S(=O)(=O)N2CCc3ccccc3C2)ccc1N1CCCNCC1. The normalized spacial score (nSPS) is 16.9. The smallest absolute Gasteiger partial charge is 0.243 e. The minimum absolute atomic E-state index is 0. The van der Waals surface area contributed by atoms with Gasteiger partial charge in [0.1, 0.15) is 0 Å². The van der Waals surface area contributed by atoms with Crippen molar-refractivity contribution in [1.29, 1.82) is 0 Å². The van der Waals surface area contributed by atoms with E-state index in [2.05, 4.69) is 16.3 Å². The van der Waals surface area contributed by atoms with Crippen LogP contribution in [0.5, 0.6) is 0 Å². The molecule has 0 saturated carbocycles. The third-order valence-corrected chi connectivity index (χ3v) is 7.25. The maximum Gasteiger partial charge on any atom is 0.243 e. The van der Waals surface area contributed by atoms with E-state index in [1.807, 2.05) is 24.3 Å². The lowest BCUT2D eigenvalue weighted by Gasteiger charge is -2.29. The first kappa shape index (κ1) is 26.8. The molecular formula is C20H29Cl3N4O2S. The average Bonchev–Trinajstić information content (AvgIpc) is 2.97. The van der Waals surface area contributed by atoms with Gasteiger partial charge in [-0.1, -0.05) is 24.3 Å². The minimum atomic E-state index is -3.56. The lowest BCUT2D eigenvalue weighted by Crippen LogP contribution is -2.36. The molecule has 0 radical (unpaired) electrons. The molecule has 0 unspecified atom stereocenters. The quantitative estimate of drug-likeness (QED) is 0.640. The molecule has 0 amide bonds. The zero-order valence-electron chi connectivity index (χ0n) is 16.6. The molecule has 0 spiro atoms. The Balaban J connectivity index is 0.00000150. The van der Waals surface area contributed by atoms with E-state index in [0.717, 1.165) is 50.3 Å². The van der Waals surface area contributed by atoms with Crippen LogP contribution >= 0.6 is 37.2 Å². The number of rotatable bonds is 3. The fourth-order valence-electron chi connectivity index (χ4n) is 3.89. The van der Waals surface area contributed by atoms with Gasteiger partial charge in [0.05, 0.1) is 16.3 Å². The third-order valence-electron chi connectivity index (χ3n) is 5.41. The van der Waals surface area contributed by atoms with E-state index >= 15 is 0 Å². The van der Waals surface area contributed by atoms with Crippen LogP contribution in [0, 0.1) is 0 Å². The summed E-state index contributed by atoms with van der Waals surface area (Å²) in [5, 5.41) is 3.37. The number of halogens is 3. The van der Waals surface area contributed by atoms with Crippen molar-refractivity contribution >= 4 is 58.6 Å². The predicted molar refractivity (Wildman–Crippen MR) is 130 cm³/mol. The van der Waals surface area contributed by atoms with Crippen LogP contribution in [-0.2, 0) is 23.0 Å². The Morgan fingerprint density at radius 1 is 0.900 bits per heavy atom. The van der Waals surface area contributed by atoms with E-state index in [4.69, 9.17) is 5.73 Å². The molecule has 1 saturated heterocycles. The van der Waals surface area contributed by atoms with Crippen LogP contribution in [0.4, 0.5) is 11.4 Å². The molecule has 0 bridgehead atoms. The van der Waals surface area contributed by atoms with Crippen LogP contribution < -0.4 is 16.0 Å². The molecule has 2 aromatic rings. The van der Waals surface area contributed by atoms with Crippen LogP contribution in [0.1, 0.15) is 17.5 Å². The number of nitrogens with zero attached hydrogens (tertiary/aromatic N) is 2. The van der Waals surface area contributed by atoms with E-state index < -0.39 is 10.0 Å². The summed E-state index contributed by atoms with van der Waals surface area (Å²) in [5.41, 5.74) is 10.0. The lowest BCUT2D eigenvalue weighted by atomic mass is 10.0. The van der Waals surface area contributed by atoms with Gasteiger partial charge in [-0.2, -0.15) is 4.31 Å². The van der Waals surface area contributed by atoms with E-state index in [1.54, 1.807) is 16.4 Å². The van der Waals surface area contributed by atoms with Gasteiger partial charge in [-0.15, -0.1) is 37.2 Å². The van der Waals surface area contributed by atoms with E-state index in [1.165, 1.54) is 5.56 Å². The first-order valence-electron chi connectivity index (χ1n) is 9.48. The van der Waals surface area contributed by atoms with Gasteiger partial charge in [0, 0.05) is 32.7 Å². The van der Waals surface area contributed by atoms with Gasteiger partial charge in [0.25, 0.3) is 0 Å². The first-order chi connectivity index (χ1) is 13.1. The topological polar surface area (TPSA) is 78.7 Å². The highest BCUT2D eigenvalue weighted by atomic mass is 35.5. The van der Waals surface area contributed by atoms with Crippen LogP contribution in [0.15, 0.2) is 47.4 Å². The molecule has 10 heteroatoms. The molecule has 2 heterocycles. The number of hydrogen-bond donors (Lipinski definition) is 2. The van der Waals surface area contributed by atoms with Crippen LogP contribution in [0.2, 0.25) is 0 Å². The average molecular weight is 496 g/mol. The minimum Gasteiger partial charge on any atom is -0.397 e. The highest BCUT2D eigenvalue weighted by Crippen LogP contribution is 2.30. The number of anilines is 2. The van der Waals surface area contributed by atoms with Crippen molar-refractivity contribution in [2.24, 2.45) is 0 Å². The van der Waals surface area contributed by atoms with E-state index in [-0.39, 0.29) is 42.1 Å². The summed E-state index contributed by atoms with van der Waals surface area (Å²) in [6.45, 7) is 4.62. The fraction of sp³-hybridized carbons (Fsp3) is 0.400. The van der Waals surface area contributed by atoms with Crippen molar-refractivity contribution in [3.63, 3.8) is 0 Å². The summed E-state index contributed by atoms with van der Waals surface area (Å²) in [5.74, 6) is 0. The van der Waals surface area contributed by atoms with Crippen molar-refractivity contribution in [3.05, 3.63) is 53.6 Å². The Bertz CT molecular complexity index is 935. The first-order valence-corrected chi connectivity index (χ1v) is 10.9. The molecule has 168 valence electrons. The maximum atomic E-state index is 13.1.